The number of benzene rings is 1. The number of rotatable bonds is 25. The number of nitrogens with zero attached hydrogens (tertiary/aromatic N) is 1. The van der Waals surface area contributed by atoms with E-state index >= 15 is 0 Å². The van der Waals surface area contributed by atoms with Gasteiger partial charge in [0, 0.05) is 18.7 Å². The van der Waals surface area contributed by atoms with Crippen molar-refractivity contribution in [3.63, 3.8) is 0 Å². The Bertz CT molecular complexity index is 1950. The molecule has 0 radical (unpaired) electrons. The van der Waals surface area contributed by atoms with E-state index in [9.17, 15) is 56.4 Å². The van der Waals surface area contributed by atoms with Gasteiger partial charge in [-0.25, -0.2) is 4.79 Å². The molecule has 1 saturated heterocycles. The number of aliphatic carboxylic acids is 1. The summed E-state index contributed by atoms with van der Waals surface area (Å²) in [5.74, 6) is -7.14. The van der Waals surface area contributed by atoms with Gasteiger partial charge in [0.25, 0.3) is 10.1 Å². The maximum absolute atomic E-state index is 14.0. The second-order valence-corrected chi connectivity index (χ2v) is 17.9. The second kappa shape index (κ2) is 25.7. The summed E-state index contributed by atoms with van der Waals surface area (Å²) in [6.07, 6.45) is 1.57. The predicted octanol–water partition coefficient (Wildman–Crippen LogP) is -0.776. The van der Waals surface area contributed by atoms with E-state index in [0.29, 0.717) is 37.9 Å². The molecule has 8 atom stereocenters. The lowest BCUT2D eigenvalue weighted by Gasteiger charge is -2.32. The van der Waals surface area contributed by atoms with E-state index in [2.05, 4.69) is 37.2 Å². The minimum atomic E-state index is -4.40. The van der Waals surface area contributed by atoms with Crippen LogP contribution in [-0.2, 0) is 48.5 Å². The number of hydrogen-bond acceptors (Lipinski definition) is 12. The summed E-state index contributed by atoms with van der Waals surface area (Å²) in [6.45, 7) is 10.3. The highest BCUT2D eigenvalue weighted by molar-refractivity contribution is 7.85. The maximum atomic E-state index is 14.0. The minimum absolute atomic E-state index is 0.00801. The Morgan fingerprint density at radius 3 is 1.94 bits per heavy atom. The zero-order valence-electron chi connectivity index (χ0n) is 37.0. The Morgan fingerprint density at radius 1 is 0.797 bits per heavy atom. The average Bonchev–Trinajstić information content (AvgIpc) is 3.72. The molecule has 1 aliphatic rings. The molecular weight excluding hydrogens is 877 g/mol. The van der Waals surface area contributed by atoms with Gasteiger partial charge in [-0.1, -0.05) is 34.1 Å². The molecule has 0 bridgehead atoms. The smallest absolute Gasteiger partial charge is 0.326 e. The Kier molecular flexibility index (Phi) is 22.0. The first kappa shape index (κ1) is 54.7. The van der Waals surface area contributed by atoms with Crippen molar-refractivity contribution in [2.24, 2.45) is 23.3 Å². The summed E-state index contributed by atoms with van der Waals surface area (Å²) in [7, 11) is -4.40. The fourth-order valence-corrected chi connectivity index (χ4v) is 7.38. The standard InChI is InChI=1S/C40H64N10O12S2/c1-7-22(4)32(37(56)43-23(5)33(52)46-27(17-18-30(42)51)35(54)47-28(39(58)59)11-8-9-19-41)49-36(55)29-12-10-20-50(29)38(57)31(21(2)3)48-34(53)24(6)44-40(63)45-25-13-15-26(16-14-25)64(60,61)62/h13-16,21-24,27-29,31-32H,7-12,17-20,41H2,1-6H3,(H2,42,51)(H,43,56)(H,46,52)(H,47,54)(H,48,53)(H,49,55)(H,58,59)(H2,44,45,63)(H,60,61,62)/t22-,23-,24-,27-,28-,29-,31-,32-/m0/s1. The van der Waals surface area contributed by atoms with Gasteiger partial charge in [-0.05, 0) is 107 Å². The van der Waals surface area contributed by atoms with Crippen molar-refractivity contribution in [1.82, 2.24) is 36.8 Å². The fourth-order valence-electron chi connectivity index (χ4n) is 6.61. The second-order valence-electron chi connectivity index (χ2n) is 16.1. The number of likely N-dealkylation sites (tertiary alicyclic amines) is 1. The van der Waals surface area contributed by atoms with Gasteiger partial charge in [0.05, 0.1) is 4.90 Å². The van der Waals surface area contributed by atoms with Crippen molar-refractivity contribution in [3.8, 4) is 0 Å². The third-order valence-electron chi connectivity index (χ3n) is 10.6. The molecule has 1 aromatic carbocycles. The lowest BCUT2D eigenvalue weighted by atomic mass is 9.97. The fraction of sp³-hybridized carbons (Fsp3) is 0.625. The molecule has 0 aromatic heterocycles. The van der Waals surface area contributed by atoms with Crippen molar-refractivity contribution in [2.45, 2.75) is 140 Å². The van der Waals surface area contributed by atoms with Gasteiger partial charge in [-0.3, -0.25) is 38.1 Å². The number of hydrogen-bond donors (Lipinski definition) is 11. The van der Waals surface area contributed by atoms with E-state index in [1.54, 1.807) is 27.7 Å². The van der Waals surface area contributed by atoms with Gasteiger partial charge < -0.3 is 58.7 Å². The average molecular weight is 941 g/mol. The zero-order chi connectivity index (χ0) is 48.5. The van der Waals surface area contributed by atoms with E-state index in [1.807, 2.05) is 0 Å². The highest BCUT2D eigenvalue weighted by Gasteiger charge is 2.41. The van der Waals surface area contributed by atoms with Crippen LogP contribution >= 0.6 is 12.2 Å². The summed E-state index contributed by atoms with van der Waals surface area (Å²) in [4.78, 5) is 106. The van der Waals surface area contributed by atoms with Crippen LogP contribution in [0.25, 0.3) is 0 Å². The first-order chi connectivity index (χ1) is 29.9. The van der Waals surface area contributed by atoms with Crippen LogP contribution in [0.1, 0.15) is 92.9 Å². The Hall–Kier alpha value is -5.46. The Labute approximate surface area is 378 Å². The van der Waals surface area contributed by atoms with Crippen molar-refractivity contribution in [1.29, 1.82) is 0 Å². The molecule has 1 heterocycles. The van der Waals surface area contributed by atoms with Crippen LogP contribution in [0.4, 0.5) is 5.69 Å². The van der Waals surface area contributed by atoms with Gasteiger partial charge in [0.2, 0.25) is 41.4 Å². The van der Waals surface area contributed by atoms with Crippen LogP contribution in [0.15, 0.2) is 29.2 Å². The molecule has 0 aliphatic carbocycles. The number of anilines is 1. The summed E-state index contributed by atoms with van der Waals surface area (Å²) in [5, 5.41) is 28.1. The first-order valence-electron chi connectivity index (χ1n) is 21.1. The number of carboxylic acid groups (broad SMARTS) is 1. The molecule has 24 heteroatoms. The number of primary amides is 1. The number of carbonyl (C=O) groups is 8. The van der Waals surface area contributed by atoms with E-state index in [0.717, 1.165) is 12.1 Å². The molecule has 358 valence electrons. The van der Waals surface area contributed by atoms with E-state index in [-0.39, 0.29) is 42.2 Å². The molecule has 1 fully saturated rings. The number of amides is 7. The maximum Gasteiger partial charge on any atom is 0.326 e. The van der Waals surface area contributed by atoms with Crippen LogP contribution in [-0.4, -0.2) is 131 Å². The van der Waals surface area contributed by atoms with Crippen LogP contribution in [0.3, 0.4) is 0 Å². The normalized spacial score (nSPS) is 17.0. The number of nitrogens with one attached hydrogen (secondary N) is 7. The molecule has 0 unspecified atom stereocenters. The molecule has 2 rings (SSSR count). The van der Waals surface area contributed by atoms with Crippen molar-refractivity contribution >= 4 is 80.5 Å². The molecule has 0 saturated carbocycles. The molecule has 1 aromatic rings. The summed E-state index contributed by atoms with van der Waals surface area (Å²) in [5.41, 5.74) is 11.1. The lowest BCUT2D eigenvalue weighted by Crippen LogP contribution is -2.60. The summed E-state index contributed by atoms with van der Waals surface area (Å²) >= 11 is 5.29. The SMILES string of the molecule is CC[C@H](C)[C@H](NC(=O)[C@@H]1CCCN1C(=O)[C@@H](NC(=O)[C@H](C)NC(=S)Nc1ccc(S(=O)(=O)O)cc1)C(C)C)C(=O)N[C@@H](C)C(=O)N[C@@H](CCC(N)=O)C(=O)N[C@@H](CCCCN)C(=O)O. The number of nitrogens with two attached hydrogens (primary N) is 2. The third-order valence-corrected chi connectivity index (χ3v) is 11.7. The quantitative estimate of drug-likeness (QED) is 0.0326. The predicted molar refractivity (Wildman–Crippen MR) is 238 cm³/mol. The molecule has 0 spiro atoms. The minimum Gasteiger partial charge on any atom is -0.480 e. The molecule has 22 nitrogen and oxygen atoms in total. The monoisotopic (exact) mass is 940 g/mol. The zero-order valence-corrected chi connectivity index (χ0v) is 38.6. The van der Waals surface area contributed by atoms with Crippen molar-refractivity contribution in [3.05, 3.63) is 24.3 Å². The number of carboxylic acids is 1. The van der Waals surface area contributed by atoms with Gasteiger partial charge in [-0.15, -0.1) is 0 Å². The highest BCUT2D eigenvalue weighted by atomic mass is 32.2. The molecular formula is C40H64N10O12S2. The van der Waals surface area contributed by atoms with E-state index < -0.39 is 112 Å². The number of unbranched alkanes of at least 4 members (excludes halogenated alkanes) is 1. The highest BCUT2D eigenvalue weighted by Crippen LogP contribution is 2.22. The topological polar surface area (TPSA) is 351 Å². The largest absolute Gasteiger partial charge is 0.480 e. The molecule has 13 N–H and O–H groups in total. The number of thiocarbonyl (C=S) groups is 1. The Balaban J connectivity index is 2.13. The molecule has 1 aliphatic heterocycles. The summed E-state index contributed by atoms with van der Waals surface area (Å²) in [6, 6.07) is -3.09. The van der Waals surface area contributed by atoms with Crippen molar-refractivity contribution < 1.29 is 56.4 Å². The molecule has 7 amide bonds. The van der Waals surface area contributed by atoms with E-state index in [1.165, 1.54) is 30.9 Å². The summed E-state index contributed by atoms with van der Waals surface area (Å²) < 4.78 is 31.9. The number of carbonyl (C=O) groups excluding carboxylic acids is 7. The van der Waals surface area contributed by atoms with Crippen LogP contribution < -0.4 is 48.7 Å². The van der Waals surface area contributed by atoms with E-state index in [4.69, 9.17) is 23.7 Å². The van der Waals surface area contributed by atoms with Crippen LogP contribution in [0.2, 0.25) is 0 Å². The van der Waals surface area contributed by atoms with Crippen molar-refractivity contribution in [2.75, 3.05) is 18.4 Å². The lowest BCUT2D eigenvalue weighted by molar-refractivity contribution is -0.143. The van der Waals surface area contributed by atoms with Crippen LogP contribution in [0.5, 0.6) is 0 Å². The van der Waals surface area contributed by atoms with Gasteiger partial charge in [0.15, 0.2) is 5.11 Å². The molecule has 64 heavy (non-hydrogen) atoms. The van der Waals surface area contributed by atoms with Crippen LogP contribution in [0, 0.1) is 11.8 Å². The third kappa shape index (κ3) is 17.3. The Morgan fingerprint density at radius 2 is 1.39 bits per heavy atom. The van der Waals surface area contributed by atoms with Gasteiger partial charge in [-0.2, -0.15) is 8.42 Å². The first-order valence-corrected chi connectivity index (χ1v) is 22.9. The van der Waals surface area contributed by atoms with Gasteiger partial charge in [0.1, 0.15) is 42.3 Å². The van der Waals surface area contributed by atoms with Gasteiger partial charge >= 0.3 is 5.97 Å².